The van der Waals surface area contributed by atoms with E-state index in [1.165, 1.54) is 0 Å². The van der Waals surface area contributed by atoms with E-state index in [0.717, 1.165) is 25.1 Å². The average molecular weight is 264 g/mol. The molecule has 0 aliphatic carbocycles. The molecule has 5 nitrogen and oxygen atoms in total. The van der Waals surface area contributed by atoms with E-state index < -0.39 is 0 Å². The standard InChI is InChI=1S/C14H24N4O/c1-9-6-5-7-15-12(9)13(19)16-11-8-10(17-18-11)14(2,3)4/h8-9,12,15H,5-7H2,1-4H3,(H2,16,17,18,19). The number of aromatic amines is 1. The minimum absolute atomic E-state index is 0.00631. The lowest BCUT2D eigenvalue weighted by molar-refractivity contribution is -0.119. The molecule has 3 N–H and O–H groups in total. The first kappa shape index (κ1) is 14.1. The number of H-pyrrole nitrogens is 1. The molecule has 1 saturated heterocycles. The Morgan fingerprint density at radius 2 is 2.21 bits per heavy atom. The average Bonchev–Trinajstić information content (AvgIpc) is 2.77. The molecule has 2 atom stereocenters. The molecular formula is C14H24N4O. The highest BCUT2D eigenvalue weighted by Crippen LogP contribution is 2.22. The van der Waals surface area contributed by atoms with Gasteiger partial charge >= 0.3 is 0 Å². The molecule has 0 saturated carbocycles. The summed E-state index contributed by atoms with van der Waals surface area (Å²) in [7, 11) is 0. The van der Waals surface area contributed by atoms with E-state index >= 15 is 0 Å². The van der Waals surface area contributed by atoms with Crippen molar-refractivity contribution >= 4 is 11.7 Å². The normalized spacial score (nSPS) is 24.2. The third-order valence-electron chi connectivity index (χ3n) is 3.69. The first-order valence-electron chi connectivity index (χ1n) is 6.98. The van der Waals surface area contributed by atoms with Crippen molar-refractivity contribution in [2.24, 2.45) is 5.92 Å². The molecule has 2 rings (SSSR count). The topological polar surface area (TPSA) is 69.8 Å². The van der Waals surface area contributed by atoms with Crippen LogP contribution in [0.3, 0.4) is 0 Å². The zero-order chi connectivity index (χ0) is 14.0. The summed E-state index contributed by atoms with van der Waals surface area (Å²) >= 11 is 0. The van der Waals surface area contributed by atoms with Gasteiger partial charge in [0.05, 0.1) is 6.04 Å². The number of rotatable bonds is 2. The highest BCUT2D eigenvalue weighted by Gasteiger charge is 2.28. The van der Waals surface area contributed by atoms with Crippen LogP contribution in [-0.4, -0.2) is 28.7 Å². The van der Waals surface area contributed by atoms with Crippen LogP contribution in [0.5, 0.6) is 0 Å². The van der Waals surface area contributed by atoms with Crippen molar-refractivity contribution in [2.75, 3.05) is 11.9 Å². The van der Waals surface area contributed by atoms with E-state index in [-0.39, 0.29) is 17.4 Å². The summed E-state index contributed by atoms with van der Waals surface area (Å²) < 4.78 is 0. The molecule has 19 heavy (non-hydrogen) atoms. The van der Waals surface area contributed by atoms with Crippen LogP contribution in [0.1, 0.15) is 46.2 Å². The Hall–Kier alpha value is -1.36. The van der Waals surface area contributed by atoms with E-state index in [0.29, 0.717) is 11.7 Å². The smallest absolute Gasteiger partial charge is 0.242 e. The van der Waals surface area contributed by atoms with Crippen LogP contribution in [-0.2, 0) is 10.2 Å². The second-order valence-corrected chi connectivity index (χ2v) is 6.46. The van der Waals surface area contributed by atoms with Gasteiger partial charge in [-0.1, -0.05) is 27.7 Å². The minimum atomic E-state index is -0.108. The number of piperidine rings is 1. The monoisotopic (exact) mass is 264 g/mol. The Bertz CT molecular complexity index is 447. The number of hydrogen-bond donors (Lipinski definition) is 3. The summed E-state index contributed by atoms with van der Waals surface area (Å²) in [4.78, 5) is 12.2. The molecule has 1 aliphatic rings. The maximum absolute atomic E-state index is 12.2. The molecular weight excluding hydrogens is 240 g/mol. The van der Waals surface area contributed by atoms with Crippen LogP contribution >= 0.6 is 0 Å². The van der Waals surface area contributed by atoms with Gasteiger partial charge in [-0.25, -0.2) is 0 Å². The number of carbonyl (C=O) groups excluding carboxylic acids is 1. The molecule has 0 bridgehead atoms. The van der Waals surface area contributed by atoms with Crippen LogP contribution in [0.15, 0.2) is 6.07 Å². The Morgan fingerprint density at radius 1 is 1.47 bits per heavy atom. The number of carbonyl (C=O) groups is 1. The molecule has 2 heterocycles. The van der Waals surface area contributed by atoms with Crippen molar-refractivity contribution in [3.05, 3.63) is 11.8 Å². The maximum Gasteiger partial charge on any atom is 0.242 e. The van der Waals surface area contributed by atoms with Crippen molar-refractivity contribution in [1.29, 1.82) is 0 Å². The van der Waals surface area contributed by atoms with Crippen molar-refractivity contribution in [3.63, 3.8) is 0 Å². The van der Waals surface area contributed by atoms with Crippen LogP contribution < -0.4 is 10.6 Å². The molecule has 2 unspecified atom stereocenters. The van der Waals surface area contributed by atoms with E-state index in [9.17, 15) is 4.79 Å². The fraction of sp³-hybridized carbons (Fsp3) is 0.714. The highest BCUT2D eigenvalue weighted by molar-refractivity contribution is 5.94. The molecule has 0 spiro atoms. The molecule has 1 aromatic rings. The van der Waals surface area contributed by atoms with Gasteiger partial charge in [0.15, 0.2) is 5.82 Å². The molecule has 0 aromatic carbocycles. The number of hydrogen-bond acceptors (Lipinski definition) is 3. The van der Waals surface area contributed by atoms with E-state index in [1.54, 1.807) is 0 Å². The number of aromatic nitrogens is 2. The molecule has 5 heteroatoms. The summed E-state index contributed by atoms with van der Waals surface area (Å²) in [5, 5.41) is 13.3. The van der Waals surface area contributed by atoms with Crippen LogP contribution in [0, 0.1) is 5.92 Å². The van der Waals surface area contributed by atoms with Gasteiger partial charge in [-0.05, 0) is 25.3 Å². The lowest BCUT2D eigenvalue weighted by atomic mass is 9.92. The predicted molar refractivity (Wildman–Crippen MR) is 76.1 cm³/mol. The Morgan fingerprint density at radius 3 is 2.79 bits per heavy atom. The van der Waals surface area contributed by atoms with Gasteiger partial charge in [0.25, 0.3) is 0 Å². The highest BCUT2D eigenvalue weighted by atomic mass is 16.2. The first-order valence-corrected chi connectivity index (χ1v) is 6.98. The van der Waals surface area contributed by atoms with Crippen molar-refractivity contribution < 1.29 is 4.79 Å². The third kappa shape index (κ3) is 3.35. The SMILES string of the molecule is CC1CCCNC1C(=O)Nc1cc(C(C)(C)C)[nH]n1. The largest absolute Gasteiger partial charge is 0.308 e. The fourth-order valence-corrected chi connectivity index (χ4v) is 2.37. The quantitative estimate of drug-likeness (QED) is 0.765. The van der Waals surface area contributed by atoms with E-state index in [4.69, 9.17) is 0 Å². The number of nitrogens with one attached hydrogen (secondary N) is 3. The van der Waals surface area contributed by atoms with Crippen LogP contribution in [0.4, 0.5) is 5.82 Å². The van der Waals surface area contributed by atoms with Crippen molar-refractivity contribution in [3.8, 4) is 0 Å². The van der Waals surface area contributed by atoms with Crippen LogP contribution in [0.2, 0.25) is 0 Å². The number of anilines is 1. The molecule has 1 fully saturated rings. The zero-order valence-electron chi connectivity index (χ0n) is 12.2. The molecule has 1 amide bonds. The van der Waals surface area contributed by atoms with Gasteiger partial charge in [-0.15, -0.1) is 0 Å². The molecule has 0 radical (unpaired) electrons. The predicted octanol–water partition coefficient (Wildman–Crippen LogP) is 2.03. The van der Waals surface area contributed by atoms with E-state index in [1.807, 2.05) is 6.07 Å². The lowest BCUT2D eigenvalue weighted by Gasteiger charge is -2.28. The second kappa shape index (κ2) is 5.33. The summed E-state index contributed by atoms with van der Waals surface area (Å²) in [6, 6.07) is 1.80. The van der Waals surface area contributed by atoms with Gasteiger partial charge in [0.1, 0.15) is 0 Å². The van der Waals surface area contributed by atoms with Gasteiger partial charge in [0.2, 0.25) is 5.91 Å². The third-order valence-corrected chi connectivity index (χ3v) is 3.69. The van der Waals surface area contributed by atoms with Crippen LogP contribution in [0.25, 0.3) is 0 Å². The summed E-state index contributed by atoms with van der Waals surface area (Å²) in [6.45, 7) is 9.35. The second-order valence-electron chi connectivity index (χ2n) is 6.46. The van der Waals surface area contributed by atoms with Gasteiger partial charge in [0, 0.05) is 17.2 Å². The number of nitrogens with zero attached hydrogens (tertiary/aromatic N) is 1. The van der Waals surface area contributed by atoms with Gasteiger partial charge in [-0.3, -0.25) is 9.89 Å². The summed E-state index contributed by atoms with van der Waals surface area (Å²) in [6.07, 6.45) is 2.24. The summed E-state index contributed by atoms with van der Waals surface area (Å²) in [5.41, 5.74) is 1.03. The molecule has 106 valence electrons. The zero-order valence-corrected chi connectivity index (χ0v) is 12.2. The summed E-state index contributed by atoms with van der Waals surface area (Å²) in [5.74, 6) is 0.989. The lowest BCUT2D eigenvalue weighted by Crippen LogP contribution is -2.48. The van der Waals surface area contributed by atoms with Gasteiger partial charge in [-0.2, -0.15) is 5.10 Å². The Labute approximate surface area is 114 Å². The maximum atomic E-state index is 12.2. The fourth-order valence-electron chi connectivity index (χ4n) is 2.37. The Kier molecular flexibility index (Phi) is 3.94. The Balaban J connectivity index is 2.00. The van der Waals surface area contributed by atoms with Crippen molar-refractivity contribution in [2.45, 2.75) is 52.0 Å². The molecule has 1 aliphatic heterocycles. The van der Waals surface area contributed by atoms with E-state index in [2.05, 4.69) is 48.5 Å². The minimum Gasteiger partial charge on any atom is -0.308 e. The van der Waals surface area contributed by atoms with Gasteiger partial charge < -0.3 is 10.6 Å². The first-order chi connectivity index (χ1) is 8.88. The molecule has 1 aromatic heterocycles. The number of amides is 1. The van der Waals surface area contributed by atoms with Crippen molar-refractivity contribution in [1.82, 2.24) is 15.5 Å².